The summed E-state index contributed by atoms with van der Waals surface area (Å²) in [5, 5.41) is 0.874. The van der Waals surface area contributed by atoms with Crippen molar-refractivity contribution >= 4 is 16.8 Å². The van der Waals surface area contributed by atoms with E-state index in [1.807, 2.05) is 47.4 Å². The molecule has 5 rings (SSSR count). The number of carbonyl (C=O) groups is 1. The SMILES string of the molecule is COc1ccc(Cc2cnc(C3CCCN(C(=O)c4c[nH]c5ccc(OC)cc45)C3)o2)cc1. The van der Waals surface area contributed by atoms with Crippen molar-refractivity contribution in [3.05, 3.63) is 77.6 Å². The number of nitrogens with one attached hydrogen (secondary N) is 1. The van der Waals surface area contributed by atoms with E-state index in [1.165, 1.54) is 0 Å². The highest BCUT2D eigenvalue weighted by Gasteiger charge is 2.29. The van der Waals surface area contributed by atoms with Crippen LogP contribution in [0.2, 0.25) is 0 Å². The van der Waals surface area contributed by atoms with Gasteiger partial charge in [0.15, 0.2) is 5.89 Å². The number of likely N-dealkylation sites (tertiary alicyclic amines) is 1. The van der Waals surface area contributed by atoms with E-state index in [4.69, 9.17) is 13.9 Å². The molecule has 3 heterocycles. The Labute approximate surface area is 192 Å². The van der Waals surface area contributed by atoms with Gasteiger partial charge in [-0.05, 0) is 48.7 Å². The van der Waals surface area contributed by atoms with Gasteiger partial charge in [0, 0.05) is 36.6 Å². The van der Waals surface area contributed by atoms with Crippen molar-refractivity contribution in [1.82, 2.24) is 14.9 Å². The third-order valence-electron chi connectivity index (χ3n) is 6.29. The van der Waals surface area contributed by atoms with Gasteiger partial charge in [0.1, 0.15) is 17.3 Å². The number of aromatic nitrogens is 2. The van der Waals surface area contributed by atoms with Crippen LogP contribution in [0.5, 0.6) is 11.5 Å². The number of methoxy groups -OCH3 is 2. The number of fused-ring (bicyclic) bond motifs is 1. The molecule has 1 saturated heterocycles. The van der Waals surface area contributed by atoms with E-state index in [1.54, 1.807) is 26.6 Å². The summed E-state index contributed by atoms with van der Waals surface area (Å²) in [5.41, 5.74) is 2.72. The first-order valence-corrected chi connectivity index (χ1v) is 11.2. The highest BCUT2D eigenvalue weighted by Crippen LogP contribution is 2.30. The number of benzene rings is 2. The van der Waals surface area contributed by atoms with Crippen LogP contribution in [-0.2, 0) is 6.42 Å². The normalized spacial score (nSPS) is 16.2. The van der Waals surface area contributed by atoms with Crippen molar-refractivity contribution < 1.29 is 18.7 Å². The lowest BCUT2D eigenvalue weighted by atomic mass is 9.97. The number of rotatable bonds is 6. The number of nitrogens with zero attached hydrogens (tertiary/aromatic N) is 2. The Bertz CT molecular complexity index is 1260. The van der Waals surface area contributed by atoms with E-state index in [2.05, 4.69) is 9.97 Å². The molecule has 0 aliphatic carbocycles. The fraction of sp³-hybridized carbons (Fsp3) is 0.308. The van der Waals surface area contributed by atoms with E-state index in [9.17, 15) is 4.79 Å². The number of hydrogen-bond donors (Lipinski definition) is 1. The van der Waals surface area contributed by atoms with Crippen LogP contribution >= 0.6 is 0 Å². The molecule has 1 fully saturated rings. The van der Waals surface area contributed by atoms with Crippen molar-refractivity contribution in [2.75, 3.05) is 27.3 Å². The van der Waals surface area contributed by atoms with Gasteiger partial charge in [-0.1, -0.05) is 12.1 Å². The summed E-state index contributed by atoms with van der Waals surface area (Å²) in [5.74, 6) is 3.20. The summed E-state index contributed by atoms with van der Waals surface area (Å²) in [7, 11) is 3.29. The second-order valence-electron chi connectivity index (χ2n) is 8.39. The number of aromatic amines is 1. The van der Waals surface area contributed by atoms with Crippen LogP contribution in [0.25, 0.3) is 10.9 Å². The average Bonchev–Trinajstić information content (AvgIpc) is 3.51. The quantitative estimate of drug-likeness (QED) is 0.462. The summed E-state index contributed by atoms with van der Waals surface area (Å²) >= 11 is 0. The van der Waals surface area contributed by atoms with Gasteiger partial charge >= 0.3 is 0 Å². The molecule has 7 nitrogen and oxygen atoms in total. The predicted octanol–water partition coefficient (Wildman–Crippen LogP) is 4.78. The topological polar surface area (TPSA) is 80.6 Å². The van der Waals surface area contributed by atoms with E-state index >= 15 is 0 Å². The standard InChI is InChI=1S/C26H27N3O4/c1-31-19-7-5-17(6-8-19)12-21-14-28-25(33-21)18-4-3-11-29(16-18)26(30)23-15-27-24-10-9-20(32-2)13-22(23)24/h5-10,13-15,18,27H,3-4,11-12,16H2,1-2H3. The molecule has 1 unspecified atom stereocenters. The van der Waals surface area contributed by atoms with E-state index in [-0.39, 0.29) is 11.8 Å². The molecule has 7 heteroatoms. The van der Waals surface area contributed by atoms with Crippen LogP contribution in [-0.4, -0.2) is 48.1 Å². The van der Waals surface area contributed by atoms with Gasteiger partial charge in [-0.2, -0.15) is 0 Å². The summed E-state index contributed by atoms with van der Waals surface area (Å²) in [4.78, 5) is 23.0. The molecule has 1 N–H and O–H groups in total. The minimum absolute atomic E-state index is 0.0178. The molecule has 0 saturated carbocycles. The predicted molar refractivity (Wildman–Crippen MR) is 125 cm³/mol. The molecule has 33 heavy (non-hydrogen) atoms. The zero-order valence-electron chi connectivity index (χ0n) is 18.8. The number of amides is 1. The van der Waals surface area contributed by atoms with Crippen molar-refractivity contribution in [2.45, 2.75) is 25.2 Å². The number of piperidine rings is 1. The summed E-state index contributed by atoms with van der Waals surface area (Å²) in [6.07, 6.45) is 6.12. The lowest BCUT2D eigenvalue weighted by Crippen LogP contribution is -2.39. The Kier molecular flexibility index (Phi) is 5.77. The van der Waals surface area contributed by atoms with Crippen LogP contribution in [0.4, 0.5) is 0 Å². The molecule has 1 aliphatic rings. The van der Waals surface area contributed by atoms with Crippen molar-refractivity contribution in [1.29, 1.82) is 0 Å². The van der Waals surface area contributed by atoms with Crippen LogP contribution in [0, 0.1) is 0 Å². The first-order valence-electron chi connectivity index (χ1n) is 11.2. The number of H-pyrrole nitrogens is 1. The van der Waals surface area contributed by atoms with Crippen molar-refractivity contribution in [3.63, 3.8) is 0 Å². The number of ether oxygens (including phenoxy) is 2. The monoisotopic (exact) mass is 445 g/mol. The molecular weight excluding hydrogens is 418 g/mol. The van der Waals surface area contributed by atoms with E-state index in [0.717, 1.165) is 53.1 Å². The zero-order chi connectivity index (χ0) is 22.8. The molecular formula is C26H27N3O4. The van der Waals surface area contributed by atoms with Gasteiger partial charge in [-0.15, -0.1) is 0 Å². The minimum Gasteiger partial charge on any atom is -0.497 e. The zero-order valence-corrected chi connectivity index (χ0v) is 18.8. The molecule has 1 atom stereocenters. The molecule has 0 spiro atoms. The van der Waals surface area contributed by atoms with Gasteiger partial charge in [0.25, 0.3) is 5.91 Å². The molecule has 170 valence electrons. The molecule has 1 aliphatic heterocycles. The van der Waals surface area contributed by atoms with Crippen LogP contribution in [0.15, 0.2) is 59.3 Å². The van der Waals surface area contributed by atoms with Gasteiger partial charge in [0.2, 0.25) is 0 Å². The first-order chi connectivity index (χ1) is 16.1. The van der Waals surface area contributed by atoms with Gasteiger partial charge < -0.3 is 23.8 Å². The minimum atomic E-state index is 0.0178. The van der Waals surface area contributed by atoms with Crippen LogP contribution in [0.3, 0.4) is 0 Å². The Morgan fingerprint density at radius 1 is 1.15 bits per heavy atom. The number of oxazole rings is 1. The number of carbonyl (C=O) groups excluding carboxylic acids is 1. The second-order valence-corrected chi connectivity index (χ2v) is 8.39. The number of hydrogen-bond acceptors (Lipinski definition) is 5. The maximum Gasteiger partial charge on any atom is 0.256 e. The smallest absolute Gasteiger partial charge is 0.256 e. The molecule has 2 aromatic heterocycles. The largest absolute Gasteiger partial charge is 0.497 e. The molecule has 2 aromatic carbocycles. The lowest BCUT2D eigenvalue weighted by Gasteiger charge is -2.31. The van der Waals surface area contributed by atoms with Gasteiger partial charge in [0.05, 0.1) is 31.9 Å². The fourth-order valence-corrected chi connectivity index (χ4v) is 4.47. The third-order valence-corrected chi connectivity index (χ3v) is 6.29. The summed E-state index contributed by atoms with van der Waals surface area (Å²) in [6.45, 7) is 1.32. The Morgan fingerprint density at radius 2 is 1.94 bits per heavy atom. The van der Waals surface area contributed by atoms with Gasteiger partial charge in [-0.25, -0.2) is 4.98 Å². The van der Waals surface area contributed by atoms with Gasteiger partial charge in [-0.3, -0.25) is 4.79 Å². The Morgan fingerprint density at radius 3 is 2.73 bits per heavy atom. The molecule has 0 bridgehead atoms. The van der Waals surface area contributed by atoms with Crippen LogP contribution < -0.4 is 9.47 Å². The molecule has 4 aromatic rings. The Hall–Kier alpha value is -3.74. The van der Waals surface area contributed by atoms with Crippen molar-refractivity contribution in [3.8, 4) is 11.5 Å². The third kappa shape index (κ3) is 4.31. The van der Waals surface area contributed by atoms with E-state index < -0.39 is 0 Å². The highest BCUT2D eigenvalue weighted by molar-refractivity contribution is 6.07. The van der Waals surface area contributed by atoms with E-state index in [0.29, 0.717) is 24.4 Å². The summed E-state index contributed by atoms with van der Waals surface area (Å²) < 4.78 is 16.7. The molecule has 1 amide bonds. The van der Waals surface area contributed by atoms with Crippen LogP contribution in [0.1, 0.15) is 46.3 Å². The summed E-state index contributed by atoms with van der Waals surface area (Å²) in [6, 6.07) is 13.7. The highest BCUT2D eigenvalue weighted by atomic mass is 16.5. The Balaban J connectivity index is 1.29. The maximum atomic E-state index is 13.4. The lowest BCUT2D eigenvalue weighted by molar-refractivity contribution is 0.0700. The fourth-order valence-electron chi connectivity index (χ4n) is 4.47. The van der Waals surface area contributed by atoms with Crippen molar-refractivity contribution in [2.24, 2.45) is 0 Å². The molecule has 0 radical (unpaired) electrons. The average molecular weight is 446 g/mol. The maximum absolute atomic E-state index is 13.4. The first kappa shape index (κ1) is 21.1. The second kappa shape index (κ2) is 9.02.